The molecule has 0 aliphatic heterocycles. The molecular formula is C20H26N4O4S. The summed E-state index contributed by atoms with van der Waals surface area (Å²) in [7, 11) is -3.82. The summed E-state index contributed by atoms with van der Waals surface area (Å²) in [6.45, 7) is 8.27. The van der Waals surface area contributed by atoms with Crippen LogP contribution in [0.4, 0.5) is 0 Å². The first-order valence-electron chi connectivity index (χ1n) is 9.41. The number of amides is 1. The monoisotopic (exact) mass is 418 g/mol. The molecule has 29 heavy (non-hydrogen) atoms. The molecule has 156 valence electrons. The summed E-state index contributed by atoms with van der Waals surface area (Å²) in [4.78, 5) is 16.8. The van der Waals surface area contributed by atoms with E-state index in [4.69, 9.17) is 4.42 Å². The molecule has 0 saturated carbocycles. The maximum Gasteiger partial charge on any atom is 0.287 e. The second kappa shape index (κ2) is 8.00. The number of imidazole rings is 1. The van der Waals surface area contributed by atoms with Crippen LogP contribution in [0, 0.1) is 6.92 Å². The number of carbonyl (C=O) groups is 1. The van der Waals surface area contributed by atoms with Gasteiger partial charge in [-0.1, -0.05) is 12.1 Å². The summed E-state index contributed by atoms with van der Waals surface area (Å²) in [5.74, 6) is 0.433. The molecule has 0 aliphatic carbocycles. The van der Waals surface area contributed by atoms with Gasteiger partial charge < -0.3 is 14.3 Å². The predicted molar refractivity (Wildman–Crippen MR) is 110 cm³/mol. The second-order valence-electron chi connectivity index (χ2n) is 7.88. The van der Waals surface area contributed by atoms with Crippen LogP contribution in [0.25, 0.3) is 11.0 Å². The molecule has 0 aliphatic rings. The molecule has 0 unspecified atom stereocenters. The van der Waals surface area contributed by atoms with Crippen molar-refractivity contribution < 1.29 is 17.6 Å². The lowest BCUT2D eigenvalue weighted by atomic mass is 10.1. The Kier molecular flexibility index (Phi) is 5.81. The summed E-state index contributed by atoms with van der Waals surface area (Å²) >= 11 is 0. The van der Waals surface area contributed by atoms with Gasteiger partial charge >= 0.3 is 0 Å². The first-order chi connectivity index (χ1) is 13.6. The average Bonchev–Trinajstić information content (AvgIpc) is 3.22. The largest absolute Gasteiger partial charge is 0.438 e. The molecule has 0 bridgehead atoms. The second-order valence-corrected chi connectivity index (χ2v) is 9.50. The van der Waals surface area contributed by atoms with Crippen LogP contribution in [-0.4, -0.2) is 36.0 Å². The standard InChI is InChI=1S/C20H26N4O4S/c1-14-22-15-8-5-6-9-16(15)24(14)13-7-12-21-19(25)17-10-11-18(28-17)29(26,27)23-20(2,3)4/h5-6,8-11,23H,7,12-13H2,1-4H3,(H,21,25). The van der Waals surface area contributed by atoms with Gasteiger partial charge in [-0.2, -0.15) is 0 Å². The molecular weight excluding hydrogens is 392 g/mol. The predicted octanol–water partition coefficient (Wildman–Crippen LogP) is 2.83. The zero-order valence-electron chi connectivity index (χ0n) is 17.0. The van der Waals surface area contributed by atoms with Crippen molar-refractivity contribution in [3.05, 3.63) is 48.0 Å². The van der Waals surface area contributed by atoms with Crippen molar-refractivity contribution in [1.29, 1.82) is 0 Å². The summed E-state index contributed by atoms with van der Waals surface area (Å²) in [5.41, 5.74) is 1.36. The highest BCUT2D eigenvalue weighted by Crippen LogP contribution is 2.17. The molecule has 3 aromatic rings. The summed E-state index contributed by atoms with van der Waals surface area (Å²) in [6, 6.07) is 10.6. The molecule has 0 radical (unpaired) electrons. The molecule has 1 amide bonds. The zero-order valence-corrected chi connectivity index (χ0v) is 17.8. The van der Waals surface area contributed by atoms with E-state index in [9.17, 15) is 13.2 Å². The Labute approximate surface area is 170 Å². The first kappa shape index (κ1) is 21.1. The third kappa shape index (κ3) is 5.04. The molecule has 9 heteroatoms. The number of aryl methyl sites for hydroxylation is 2. The Morgan fingerprint density at radius 2 is 1.90 bits per heavy atom. The highest BCUT2D eigenvalue weighted by atomic mass is 32.2. The Morgan fingerprint density at radius 3 is 2.62 bits per heavy atom. The van der Waals surface area contributed by atoms with Crippen molar-refractivity contribution in [3.63, 3.8) is 0 Å². The molecule has 3 rings (SSSR count). The molecule has 0 atom stereocenters. The fourth-order valence-electron chi connectivity index (χ4n) is 3.04. The summed E-state index contributed by atoms with van der Waals surface area (Å²) in [5, 5.41) is 2.48. The maximum atomic E-state index is 12.3. The minimum Gasteiger partial charge on any atom is -0.438 e. The summed E-state index contributed by atoms with van der Waals surface area (Å²) < 4.78 is 34.4. The average molecular weight is 419 g/mol. The molecule has 8 nitrogen and oxygen atoms in total. The smallest absolute Gasteiger partial charge is 0.287 e. The summed E-state index contributed by atoms with van der Waals surface area (Å²) in [6.07, 6.45) is 0.699. The van der Waals surface area contributed by atoms with Crippen LogP contribution in [0.2, 0.25) is 0 Å². The maximum absolute atomic E-state index is 12.3. The van der Waals surface area contributed by atoms with Gasteiger partial charge in [0.05, 0.1) is 11.0 Å². The quantitative estimate of drug-likeness (QED) is 0.574. The lowest BCUT2D eigenvalue weighted by molar-refractivity contribution is 0.0919. The van der Waals surface area contributed by atoms with Crippen molar-refractivity contribution >= 4 is 27.0 Å². The van der Waals surface area contributed by atoms with Crippen LogP contribution in [0.3, 0.4) is 0 Å². The Bertz CT molecular complexity index is 1120. The van der Waals surface area contributed by atoms with Crippen LogP contribution < -0.4 is 10.0 Å². The van der Waals surface area contributed by atoms with E-state index in [-0.39, 0.29) is 10.9 Å². The van der Waals surface area contributed by atoms with Gasteiger partial charge in [0.1, 0.15) is 5.82 Å². The lowest BCUT2D eigenvalue weighted by Gasteiger charge is -2.18. The van der Waals surface area contributed by atoms with Crippen LogP contribution >= 0.6 is 0 Å². The van der Waals surface area contributed by atoms with Crippen LogP contribution in [-0.2, 0) is 16.6 Å². The Hall–Kier alpha value is -2.65. The number of nitrogens with one attached hydrogen (secondary N) is 2. The zero-order chi connectivity index (χ0) is 21.2. The number of benzene rings is 1. The van der Waals surface area contributed by atoms with Crippen molar-refractivity contribution in [2.75, 3.05) is 6.54 Å². The van der Waals surface area contributed by atoms with Gasteiger partial charge in [0.15, 0.2) is 5.76 Å². The van der Waals surface area contributed by atoms with Gasteiger partial charge in [-0.3, -0.25) is 4.79 Å². The van der Waals surface area contributed by atoms with Gasteiger partial charge in [0, 0.05) is 18.6 Å². The van der Waals surface area contributed by atoms with E-state index in [2.05, 4.69) is 19.6 Å². The number of furan rings is 1. The van der Waals surface area contributed by atoms with Crippen molar-refractivity contribution in [3.8, 4) is 0 Å². The number of fused-ring (bicyclic) bond motifs is 1. The number of sulfonamides is 1. The number of hydrogen-bond acceptors (Lipinski definition) is 5. The minimum absolute atomic E-state index is 0.0384. The molecule has 0 saturated heterocycles. The van der Waals surface area contributed by atoms with Gasteiger partial charge in [-0.15, -0.1) is 0 Å². The molecule has 1 aromatic carbocycles. The molecule has 2 aromatic heterocycles. The number of aromatic nitrogens is 2. The molecule has 2 N–H and O–H groups in total. The van der Waals surface area contributed by atoms with Gasteiger partial charge in [-0.05, 0) is 58.4 Å². The lowest BCUT2D eigenvalue weighted by Crippen LogP contribution is -2.40. The molecule has 2 heterocycles. The van der Waals surface area contributed by atoms with Crippen LogP contribution in [0.15, 0.2) is 45.9 Å². The Morgan fingerprint density at radius 1 is 1.17 bits per heavy atom. The number of rotatable bonds is 7. The number of hydrogen-bond donors (Lipinski definition) is 2. The Balaban J connectivity index is 1.56. The number of carbonyl (C=O) groups excluding carboxylic acids is 1. The van der Waals surface area contributed by atoms with Crippen molar-refractivity contribution in [1.82, 2.24) is 19.6 Å². The van der Waals surface area contributed by atoms with E-state index >= 15 is 0 Å². The molecule has 0 fully saturated rings. The third-order valence-electron chi connectivity index (χ3n) is 4.20. The van der Waals surface area contributed by atoms with Gasteiger partial charge in [0.2, 0.25) is 5.09 Å². The normalized spacial score (nSPS) is 12.4. The van der Waals surface area contributed by atoms with Crippen LogP contribution in [0.5, 0.6) is 0 Å². The first-order valence-corrected chi connectivity index (χ1v) is 10.9. The number of para-hydroxylation sites is 2. The van der Waals surface area contributed by atoms with Gasteiger partial charge in [0.25, 0.3) is 15.9 Å². The highest BCUT2D eigenvalue weighted by molar-refractivity contribution is 7.89. The fourth-order valence-corrected chi connectivity index (χ4v) is 4.40. The SMILES string of the molecule is Cc1nc2ccccc2n1CCCNC(=O)c1ccc(S(=O)(=O)NC(C)(C)C)o1. The van der Waals surface area contributed by atoms with E-state index in [0.29, 0.717) is 19.5 Å². The van der Waals surface area contributed by atoms with E-state index in [1.807, 2.05) is 31.2 Å². The van der Waals surface area contributed by atoms with E-state index in [1.54, 1.807) is 20.8 Å². The van der Waals surface area contributed by atoms with E-state index in [1.165, 1.54) is 12.1 Å². The third-order valence-corrected chi connectivity index (χ3v) is 5.83. The highest BCUT2D eigenvalue weighted by Gasteiger charge is 2.26. The van der Waals surface area contributed by atoms with Crippen LogP contribution in [0.1, 0.15) is 43.6 Å². The minimum atomic E-state index is -3.82. The van der Waals surface area contributed by atoms with E-state index in [0.717, 1.165) is 16.9 Å². The fraction of sp³-hybridized carbons (Fsp3) is 0.400. The number of nitrogens with zero attached hydrogens (tertiary/aromatic N) is 2. The van der Waals surface area contributed by atoms with Gasteiger partial charge in [-0.25, -0.2) is 18.1 Å². The molecule has 0 spiro atoms. The van der Waals surface area contributed by atoms with E-state index < -0.39 is 21.5 Å². The van der Waals surface area contributed by atoms with Crippen molar-refractivity contribution in [2.45, 2.75) is 51.3 Å². The van der Waals surface area contributed by atoms with Crippen molar-refractivity contribution in [2.24, 2.45) is 0 Å². The topological polar surface area (TPSA) is 106 Å².